The Kier molecular flexibility index (Phi) is 5.21. The van der Waals surface area contributed by atoms with E-state index in [1.54, 1.807) is 0 Å². The summed E-state index contributed by atoms with van der Waals surface area (Å²) in [4.78, 5) is 0. The fraction of sp³-hybridized carbons (Fsp3) is 0.533. The molecule has 104 valence electrons. The normalized spacial score (nSPS) is 18.2. The lowest BCUT2D eigenvalue weighted by Crippen LogP contribution is -2.28. The predicted molar refractivity (Wildman–Crippen MR) is 77.3 cm³/mol. The summed E-state index contributed by atoms with van der Waals surface area (Å²) in [6, 6.07) is 8.47. The SMILES string of the molecule is NC(=NO)c1cccc(CNC2CCCCCC2)c1. The molecule has 19 heavy (non-hydrogen) atoms. The van der Waals surface area contributed by atoms with E-state index in [1.165, 1.54) is 44.1 Å². The first-order valence-corrected chi connectivity index (χ1v) is 7.10. The van der Waals surface area contributed by atoms with Crippen molar-refractivity contribution in [2.24, 2.45) is 10.9 Å². The molecule has 0 unspecified atom stereocenters. The molecule has 1 aromatic carbocycles. The van der Waals surface area contributed by atoms with E-state index in [0.29, 0.717) is 6.04 Å². The molecule has 0 atom stereocenters. The first kappa shape index (κ1) is 13.9. The number of rotatable bonds is 4. The molecule has 0 heterocycles. The summed E-state index contributed by atoms with van der Waals surface area (Å²) >= 11 is 0. The molecule has 1 fully saturated rings. The second-order valence-corrected chi connectivity index (χ2v) is 5.26. The van der Waals surface area contributed by atoms with Crippen molar-refractivity contribution in [3.05, 3.63) is 35.4 Å². The average Bonchev–Trinajstić information content (AvgIpc) is 2.73. The van der Waals surface area contributed by atoms with Crippen LogP contribution in [0.2, 0.25) is 0 Å². The Bertz CT molecular complexity index is 423. The van der Waals surface area contributed by atoms with Gasteiger partial charge in [-0.1, -0.05) is 49.0 Å². The topological polar surface area (TPSA) is 70.6 Å². The molecule has 0 aliphatic heterocycles. The number of hydrogen-bond donors (Lipinski definition) is 3. The molecule has 1 aliphatic carbocycles. The Morgan fingerprint density at radius 3 is 2.68 bits per heavy atom. The Balaban J connectivity index is 1.91. The van der Waals surface area contributed by atoms with Gasteiger partial charge >= 0.3 is 0 Å². The van der Waals surface area contributed by atoms with Crippen LogP contribution in [-0.4, -0.2) is 17.1 Å². The van der Waals surface area contributed by atoms with E-state index in [-0.39, 0.29) is 5.84 Å². The van der Waals surface area contributed by atoms with Crippen molar-refractivity contribution in [3.8, 4) is 0 Å². The van der Waals surface area contributed by atoms with Crippen molar-refractivity contribution >= 4 is 5.84 Å². The lowest BCUT2D eigenvalue weighted by Gasteiger charge is -2.16. The zero-order valence-corrected chi connectivity index (χ0v) is 11.3. The summed E-state index contributed by atoms with van der Waals surface area (Å²) in [5.74, 6) is 0.163. The van der Waals surface area contributed by atoms with Crippen LogP contribution < -0.4 is 11.1 Å². The molecule has 0 aromatic heterocycles. The zero-order chi connectivity index (χ0) is 13.5. The minimum atomic E-state index is 0.163. The highest BCUT2D eigenvalue weighted by Gasteiger charge is 2.11. The molecule has 0 saturated heterocycles. The van der Waals surface area contributed by atoms with Crippen LogP contribution in [0.5, 0.6) is 0 Å². The van der Waals surface area contributed by atoms with Crippen LogP contribution in [0.15, 0.2) is 29.4 Å². The van der Waals surface area contributed by atoms with E-state index < -0.39 is 0 Å². The minimum absolute atomic E-state index is 0.163. The molecule has 4 heteroatoms. The molecule has 1 aromatic rings. The molecule has 0 bridgehead atoms. The van der Waals surface area contributed by atoms with Gasteiger partial charge in [-0.3, -0.25) is 0 Å². The number of nitrogens with zero attached hydrogens (tertiary/aromatic N) is 1. The summed E-state index contributed by atoms with van der Waals surface area (Å²) in [6.45, 7) is 0.844. The Labute approximate surface area is 114 Å². The van der Waals surface area contributed by atoms with Gasteiger partial charge in [0.25, 0.3) is 0 Å². The van der Waals surface area contributed by atoms with Gasteiger partial charge in [-0.05, 0) is 24.5 Å². The Morgan fingerprint density at radius 2 is 2.00 bits per heavy atom. The van der Waals surface area contributed by atoms with Gasteiger partial charge in [0.1, 0.15) is 0 Å². The van der Waals surface area contributed by atoms with Crippen molar-refractivity contribution in [3.63, 3.8) is 0 Å². The van der Waals surface area contributed by atoms with Crippen molar-refractivity contribution < 1.29 is 5.21 Å². The Hall–Kier alpha value is -1.55. The summed E-state index contributed by atoms with van der Waals surface area (Å²) < 4.78 is 0. The number of oxime groups is 1. The molecule has 4 N–H and O–H groups in total. The third kappa shape index (κ3) is 4.24. The highest BCUT2D eigenvalue weighted by atomic mass is 16.4. The van der Waals surface area contributed by atoms with Gasteiger partial charge < -0.3 is 16.3 Å². The van der Waals surface area contributed by atoms with Gasteiger partial charge in [0.15, 0.2) is 5.84 Å². The van der Waals surface area contributed by atoms with Crippen molar-refractivity contribution in [1.29, 1.82) is 0 Å². The van der Waals surface area contributed by atoms with Crippen LogP contribution in [0.25, 0.3) is 0 Å². The number of amidine groups is 1. The monoisotopic (exact) mass is 261 g/mol. The molecule has 0 amide bonds. The van der Waals surface area contributed by atoms with E-state index in [1.807, 2.05) is 18.2 Å². The first-order valence-electron chi connectivity index (χ1n) is 7.10. The fourth-order valence-corrected chi connectivity index (χ4v) is 2.64. The van der Waals surface area contributed by atoms with Gasteiger partial charge in [0.2, 0.25) is 0 Å². The van der Waals surface area contributed by atoms with E-state index in [9.17, 15) is 0 Å². The Morgan fingerprint density at radius 1 is 1.26 bits per heavy atom. The largest absolute Gasteiger partial charge is 0.409 e. The van der Waals surface area contributed by atoms with Gasteiger partial charge in [0.05, 0.1) is 0 Å². The van der Waals surface area contributed by atoms with Gasteiger partial charge in [0, 0.05) is 18.2 Å². The maximum absolute atomic E-state index is 8.69. The molecular weight excluding hydrogens is 238 g/mol. The predicted octanol–water partition coefficient (Wildman–Crippen LogP) is 2.59. The van der Waals surface area contributed by atoms with Crippen LogP contribution in [-0.2, 0) is 6.54 Å². The zero-order valence-electron chi connectivity index (χ0n) is 11.3. The van der Waals surface area contributed by atoms with E-state index in [4.69, 9.17) is 10.9 Å². The lowest BCUT2D eigenvalue weighted by molar-refractivity contribution is 0.318. The van der Waals surface area contributed by atoms with Crippen LogP contribution in [0, 0.1) is 0 Å². The van der Waals surface area contributed by atoms with Crippen LogP contribution in [0.1, 0.15) is 49.7 Å². The van der Waals surface area contributed by atoms with E-state index >= 15 is 0 Å². The maximum Gasteiger partial charge on any atom is 0.170 e. The van der Waals surface area contributed by atoms with E-state index in [2.05, 4.69) is 16.5 Å². The summed E-state index contributed by atoms with van der Waals surface area (Å²) in [5.41, 5.74) is 7.54. The minimum Gasteiger partial charge on any atom is -0.409 e. The fourth-order valence-electron chi connectivity index (χ4n) is 2.64. The average molecular weight is 261 g/mol. The third-order valence-corrected chi connectivity index (χ3v) is 3.78. The third-order valence-electron chi connectivity index (χ3n) is 3.78. The van der Waals surface area contributed by atoms with Gasteiger partial charge in [-0.15, -0.1) is 0 Å². The standard InChI is InChI=1S/C15H23N3O/c16-15(18-19)13-7-5-6-12(10-13)11-17-14-8-3-1-2-4-9-14/h5-7,10,14,17,19H,1-4,8-9,11H2,(H2,16,18). The van der Waals surface area contributed by atoms with Crippen LogP contribution in [0.4, 0.5) is 0 Å². The van der Waals surface area contributed by atoms with Crippen LogP contribution in [0.3, 0.4) is 0 Å². The highest BCUT2D eigenvalue weighted by molar-refractivity contribution is 5.97. The molecule has 1 saturated carbocycles. The van der Waals surface area contributed by atoms with Crippen molar-refractivity contribution in [2.75, 3.05) is 0 Å². The molecule has 0 radical (unpaired) electrons. The number of benzene rings is 1. The molecule has 0 spiro atoms. The summed E-state index contributed by atoms with van der Waals surface area (Å²) in [7, 11) is 0. The maximum atomic E-state index is 8.69. The van der Waals surface area contributed by atoms with Crippen LogP contribution >= 0.6 is 0 Å². The van der Waals surface area contributed by atoms with Crippen molar-refractivity contribution in [1.82, 2.24) is 5.32 Å². The molecular formula is C15H23N3O. The van der Waals surface area contributed by atoms with E-state index in [0.717, 1.165) is 12.1 Å². The first-order chi connectivity index (χ1) is 9.29. The smallest absolute Gasteiger partial charge is 0.170 e. The van der Waals surface area contributed by atoms with Gasteiger partial charge in [-0.2, -0.15) is 0 Å². The molecule has 4 nitrogen and oxygen atoms in total. The lowest BCUT2D eigenvalue weighted by atomic mass is 10.1. The number of nitrogens with one attached hydrogen (secondary N) is 1. The second kappa shape index (κ2) is 7.14. The van der Waals surface area contributed by atoms with Crippen molar-refractivity contribution in [2.45, 2.75) is 51.1 Å². The molecule has 1 aliphatic rings. The van der Waals surface area contributed by atoms with Gasteiger partial charge in [-0.25, -0.2) is 0 Å². The summed E-state index contributed by atoms with van der Waals surface area (Å²) in [6.07, 6.45) is 7.97. The quantitative estimate of drug-likeness (QED) is 0.256. The second-order valence-electron chi connectivity index (χ2n) is 5.26. The summed E-state index contributed by atoms with van der Waals surface area (Å²) in [5, 5.41) is 15.3. The molecule has 2 rings (SSSR count). The number of hydrogen-bond acceptors (Lipinski definition) is 3. The highest BCUT2D eigenvalue weighted by Crippen LogP contribution is 2.17. The number of nitrogens with two attached hydrogens (primary N) is 1.